The first-order valence-corrected chi connectivity index (χ1v) is 9.45. The first-order chi connectivity index (χ1) is 13.1. The van der Waals surface area contributed by atoms with Gasteiger partial charge in [-0.3, -0.25) is 4.79 Å². The van der Waals surface area contributed by atoms with Gasteiger partial charge in [-0.25, -0.2) is 9.97 Å². The molecule has 2 aromatic rings. The molecule has 0 radical (unpaired) electrons. The van der Waals surface area contributed by atoms with E-state index < -0.39 is 0 Å². The van der Waals surface area contributed by atoms with Gasteiger partial charge in [0.05, 0.1) is 0 Å². The molecule has 6 nitrogen and oxygen atoms in total. The minimum Gasteiger partial charge on any atom is -0.384 e. The van der Waals surface area contributed by atoms with Crippen LogP contribution in [-0.2, 0) is 4.79 Å². The fourth-order valence-corrected chi connectivity index (χ4v) is 4.11. The molecule has 4 rings (SSSR count). The lowest BCUT2D eigenvalue weighted by molar-refractivity contribution is -0.127. The number of carbonyl (C=O) groups excluding carboxylic acids is 1. The van der Waals surface area contributed by atoms with Gasteiger partial charge in [-0.05, 0) is 18.4 Å². The van der Waals surface area contributed by atoms with E-state index in [2.05, 4.69) is 39.2 Å². The van der Waals surface area contributed by atoms with Crippen molar-refractivity contribution in [3.8, 4) is 0 Å². The van der Waals surface area contributed by atoms with Gasteiger partial charge in [0, 0.05) is 44.1 Å². The Hall–Kier alpha value is -2.89. The normalized spacial score (nSPS) is 19.3. The molecular weight excluding hydrogens is 338 g/mol. The average molecular weight is 363 g/mol. The van der Waals surface area contributed by atoms with Crippen LogP contribution in [0.25, 0.3) is 6.08 Å². The second kappa shape index (κ2) is 7.39. The molecule has 1 spiro atoms. The number of likely N-dealkylation sites (tertiary alicyclic amines) is 1. The van der Waals surface area contributed by atoms with Crippen molar-refractivity contribution in [1.29, 1.82) is 0 Å². The topological polar surface area (TPSA) is 75.3 Å². The number of rotatable bonds is 4. The number of hydrogen-bond donors (Lipinski definition) is 1. The van der Waals surface area contributed by atoms with E-state index in [1.807, 2.05) is 29.2 Å². The second-order valence-electron chi connectivity index (χ2n) is 7.55. The van der Waals surface area contributed by atoms with Crippen LogP contribution in [0.4, 0.5) is 11.6 Å². The maximum atomic E-state index is 12.5. The zero-order valence-electron chi connectivity index (χ0n) is 15.4. The summed E-state index contributed by atoms with van der Waals surface area (Å²) in [5.74, 6) is 1.64. The van der Waals surface area contributed by atoms with Gasteiger partial charge in [0.2, 0.25) is 5.91 Å². The van der Waals surface area contributed by atoms with Crippen molar-refractivity contribution in [2.75, 3.05) is 36.8 Å². The number of nitrogens with zero attached hydrogens (tertiary/aromatic N) is 4. The third-order valence-corrected chi connectivity index (χ3v) is 5.66. The molecule has 2 aliphatic heterocycles. The zero-order chi connectivity index (χ0) is 18.7. The third kappa shape index (κ3) is 3.94. The number of carbonyl (C=O) groups is 1. The van der Waals surface area contributed by atoms with Crippen molar-refractivity contribution in [3.05, 3.63) is 54.4 Å². The van der Waals surface area contributed by atoms with Gasteiger partial charge in [-0.1, -0.05) is 42.5 Å². The summed E-state index contributed by atoms with van der Waals surface area (Å²) in [6.07, 6.45) is 8.34. The van der Waals surface area contributed by atoms with Crippen molar-refractivity contribution in [2.45, 2.75) is 19.3 Å². The van der Waals surface area contributed by atoms with Crippen LogP contribution >= 0.6 is 0 Å². The summed E-state index contributed by atoms with van der Waals surface area (Å²) in [6.45, 7) is 3.33. The Balaban J connectivity index is 1.34. The molecule has 6 heteroatoms. The molecule has 1 aromatic heterocycles. The highest BCUT2D eigenvalue weighted by Crippen LogP contribution is 2.41. The van der Waals surface area contributed by atoms with Crippen molar-refractivity contribution < 1.29 is 4.79 Å². The number of aromatic nitrogens is 2. The number of amides is 1. The van der Waals surface area contributed by atoms with Crippen LogP contribution < -0.4 is 10.6 Å². The molecule has 0 aliphatic carbocycles. The molecular formula is C21H25N5O. The summed E-state index contributed by atoms with van der Waals surface area (Å²) >= 11 is 0. The van der Waals surface area contributed by atoms with Crippen LogP contribution in [0, 0.1) is 5.41 Å². The number of piperidine rings is 1. The van der Waals surface area contributed by atoms with Gasteiger partial charge in [0.25, 0.3) is 0 Å². The van der Waals surface area contributed by atoms with Crippen molar-refractivity contribution in [1.82, 2.24) is 14.9 Å². The Kier molecular flexibility index (Phi) is 4.79. The van der Waals surface area contributed by atoms with Gasteiger partial charge in [-0.2, -0.15) is 0 Å². The Labute approximate surface area is 159 Å². The molecule has 0 unspecified atom stereocenters. The molecule has 27 heavy (non-hydrogen) atoms. The molecule has 2 N–H and O–H groups in total. The van der Waals surface area contributed by atoms with Crippen LogP contribution in [0.15, 0.2) is 48.8 Å². The molecule has 0 bridgehead atoms. The highest BCUT2D eigenvalue weighted by Gasteiger charge is 2.44. The number of nitrogen functional groups attached to an aromatic ring is 1. The Bertz CT molecular complexity index is 827. The summed E-state index contributed by atoms with van der Waals surface area (Å²) in [5, 5.41) is 0. The fourth-order valence-electron chi connectivity index (χ4n) is 4.11. The van der Waals surface area contributed by atoms with E-state index in [4.69, 9.17) is 5.73 Å². The fraction of sp³-hybridized carbons (Fsp3) is 0.381. The molecule has 140 valence electrons. The standard InChI is InChI=1S/C21H25N5O/c22-18-13-19(24-16-23-18)25-11-8-21(9-12-25)14-20(27)26(15-21)10-4-7-17-5-2-1-3-6-17/h1-7,13,16H,8-12,14-15H2,(H2,22,23,24). The summed E-state index contributed by atoms with van der Waals surface area (Å²) in [7, 11) is 0. The third-order valence-electron chi connectivity index (χ3n) is 5.66. The zero-order valence-corrected chi connectivity index (χ0v) is 15.4. The molecule has 1 aromatic carbocycles. The van der Waals surface area contributed by atoms with Crippen LogP contribution in [0.1, 0.15) is 24.8 Å². The molecule has 2 saturated heterocycles. The molecule has 0 saturated carbocycles. The molecule has 2 fully saturated rings. The van der Waals surface area contributed by atoms with E-state index >= 15 is 0 Å². The number of benzene rings is 1. The average Bonchev–Trinajstić information content (AvgIpc) is 2.98. The smallest absolute Gasteiger partial charge is 0.223 e. The van der Waals surface area contributed by atoms with E-state index in [0.29, 0.717) is 18.8 Å². The first kappa shape index (κ1) is 17.5. The Morgan fingerprint density at radius 2 is 1.93 bits per heavy atom. The van der Waals surface area contributed by atoms with E-state index in [9.17, 15) is 4.79 Å². The van der Waals surface area contributed by atoms with Crippen molar-refractivity contribution >= 4 is 23.6 Å². The van der Waals surface area contributed by atoms with E-state index in [0.717, 1.165) is 43.9 Å². The van der Waals surface area contributed by atoms with Crippen LogP contribution in [0.2, 0.25) is 0 Å². The van der Waals surface area contributed by atoms with Gasteiger partial charge >= 0.3 is 0 Å². The largest absolute Gasteiger partial charge is 0.384 e. The lowest BCUT2D eigenvalue weighted by Crippen LogP contribution is -2.42. The maximum absolute atomic E-state index is 12.5. The van der Waals surface area contributed by atoms with Crippen molar-refractivity contribution in [3.63, 3.8) is 0 Å². The molecule has 3 heterocycles. The summed E-state index contributed by atoms with van der Waals surface area (Å²) in [4.78, 5) is 25.1. The summed E-state index contributed by atoms with van der Waals surface area (Å²) in [6, 6.07) is 12.0. The van der Waals surface area contributed by atoms with Crippen LogP contribution in [-0.4, -0.2) is 47.0 Å². The van der Waals surface area contributed by atoms with Gasteiger partial charge in [0.15, 0.2) is 0 Å². The highest BCUT2D eigenvalue weighted by molar-refractivity contribution is 5.80. The lowest BCUT2D eigenvalue weighted by Gasteiger charge is -2.39. The van der Waals surface area contributed by atoms with Gasteiger partial charge in [-0.15, -0.1) is 0 Å². The van der Waals surface area contributed by atoms with Gasteiger partial charge < -0.3 is 15.5 Å². The second-order valence-corrected chi connectivity index (χ2v) is 7.55. The predicted molar refractivity (Wildman–Crippen MR) is 107 cm³/mol. The molecule has 2 aliphatic rings. The quantitative estimate of drug-likeness (QED) is 0.904. The highest BCUT2D eigenvalue weighted by atomic mass is 16.2. The minimum absolute atomic E-state index is 0.104. The van der Waals surface area contributed by atoms with Crippen molar-refractivity contribution in [2.24, 2.45) is 5.41 Å². The predicted octanol–water partition coefficient (Wildman–Crippen LogP) is 2.59. The Morgan fingerprint density at radius 3 is 2.67 bits per heavy atom. The van der Waals surface area contributed by atoms with Gasteiger partial charge in [0.1, 0.15) is 18.0 Å². The SMILES string of the molecule is Nc1cc(N2CCC3(CC2)CC(=O)N(CC=Cc2ccccc2)C3)ncn1. The number of hydrogen-bond acceptors (Lipinski definition) is 5. The Morgan fingerprint density at radius 1 is 1.15 bits per heavy atom. The molecule has 1 amide bonds. The monoisotopic (exact) mass is 363 g/mol. The maximum Gasteiger partial charge on any atom is 0.223 e. The first-order valence-electron chi connectivity index (χ1n) is 9.45. The minimum atomic E-state index is 0.104. The van der Waals surface area contributed by atoms with E-state index in [-0.39, 0.29) is 11.3 Å². The lowest BCUT2D eigenvalue weighted by atomic mass is 9.77. The number of anilines is 2. The summed E-state index contributed by atoms with van der Waals surface area (Å²) < 4.78 is 0. The molecule has 0 atom stereocenters. The van der Waals surface area contributed by atoms with Crippen LogP contribution in [0.5, 0.6) is 0 Å². The van der Waals surface area contributed by atoms with E-state index in [1.54, 1.807) is 0 Å². The summed E-state index contributed by atoms with van der Waals surface area (Å²) in [5.41, 5.74) is 7.04. The van der Waals surface area contributed by atoms with Crippen LogP contribution in [0.3, 0.4) is 0 Å². The number of nitrogens with two attached hydrogens (primary N) is 1. The van der Waals surface area contributed by atoms with E-state index in [1.165, 1.54) is 6.33 Å².